The highest BCUT2D eigenvalue weighted by molar-refractivity contribution is 6.23. The number of hydrogen-bond acceptors (Lipinski definition) is 5. The second kappa shape index (κ2) is 7.50. The van der Waals surface area contributed by atoms with Crippen LogP contribution in [0.5, 0.6) is 0 Å². The number of nitrogens with zero attached hydrogens (tertiary/aromatic N) is 1. The molecule has 156 valence electrons. The number of imide groups is 1. The van der Waals surface area contributed by atoms with E-state index in [1.54, 1.807) is 0 Å². The molecular weight excluding hydrogens is 409 g/mol. The number of aromatic carboxylic acids is 2. The number of carbonyl (C=O) groups is 4. The number of amides is 2. The van der Waals surface area contributed by atoms with E-state index in [1.807, 2.05) is 0 Å². The molecule has 1 heterocycles. The fourth-order valence-corrected chi connectivity index (χ4v) is 2.99. The molecule has 30 heavy (non-hydrogen) atoms. The third kappa shape index (κ3) is 4.09. The second-order valence-corrected chi connectivity index (χ2v) is 6.43. The average molecular weight is 422 g/mol. The van der Waals surface area contributed by atoms with E-state index in [9.17, 15) is 32.3 Å². The molecule has 1 atom stereocenters. The first-order valence-electron chi connectivity index (χ1n) is 8.39. The van der Waals surface area contributed by atoms with Gasteiger partial charge >= 0.3 is 18.1 Å². The predicted octanol–water partition coefficient (Wildman–Crippen LogP) is 2.85. The van der Waals surface area contributed by atoms with Crippen molar-refractivity contribution in [1.29, 1.82) is 0 Å². The maximum Gasteiger partial charge on any atom is 0.416 e. The van der Waals surface area contributed by atoms with Gasteiger partial charge in [0.15, 0.2) is 0 Å². The number of carbonyl (C=O) groups excluding carboxylic acids is 2. The summed E-state index contributed by atoms with van der Waals surface area (Å²) < 4.78 is 38.6. The molecule has 0 bridgehead atoms. The maximum atomic E-state index is 12.9. The van der Waals surface area contributed by atoms with Crippen LogP contribution in [-0.2, 0) is 15.8 Å². The van der Waals surface area contributed by atoms with Crippen LogP contribution in [0.15, 0.2) is 42.5 Å². The summed E-state index contributed by atoms with van der Waals surface area (Å²) in [6.45, 7) is 0. The van der Waals surface area contributed by atoms with Gasteiger partial charge in [0, 0.05) is 5.69 Å². The Morgan fingerprint density at radius 3 is 2.13 bits per heavy atom. The molecule has 1 saturated heterocycles. The summed E-state index contributed by atoms with van der Waals surface area (Å²) in [5, 5.41) is 20.8. The molecule has 2 aromatic carbocycles. The number of rotatable bonds is 5. The van der Waals surface area contributed by atoms with Crippen molar-refractivity contribution >= 4 is 35.1 Å². The average Bonchev–Trinajstić information content (AvgIpc) is 2.94. The Hall–Kier alpha value is -3.89. The van der Waals surface area contributed by atoms with Crippen molar-refractivity contribution < 1.29 is 42.6 Å². The van der Waals surface area contributed by atoms with Gasteiger partial charge in [-0.15, -0.1) is 0 Å². The number of halogens is 3. The maximum absolute atomic E-state index is 12.9. The summed E-state index contributed by atoms with van der Waals surface area (Å²) in [6.07, 6.45) is -5.00. The lowest BCUT2D eigenvalue weighted by molar-refractivity contribution is -0.137. The highest BCUT2D eigenvalue weighted by atomic mass is 19.4. The lowest BCUT2D eigenvalue weighted by Gasteiger charge is -2.17. The van der Waals surface area contributed by atoms with E-state index in [4.69, 9.17) is 10.2 Å². The Bertz CT molecular complexity index is 1030. The van der Waals surface area contributed by atoms with Gasteiger partial charge in [0.1, 0.15) is 6.04 Å². The van der Waals surface area contributed by atoms with Crippen LogP contribution in [0.2, 0.25) is 0 Å². The van der Waals surface area contributed by atoms with Gasteiger partial charge in [-0.05, 0) is 36.4 Å². The molecule has 1 fully saturated rings. The van der Waals surface area contributed by atoms with E-state index in [1.165, 1.54) is 6.07 Å². The molecule has 1 aliphatic heterocycles. The highest BCUT2D eigenvalue weighted by Gasteiger charge is 2.40. The molecule has 1 unspecified atom stereocenters. The van der Waals surface area contributed by atoms with Crippen molar-refractivity contribution in [2.75, 3.05) is 10.2 Å². The van der Waals surface area contributed by atoms with Gasteiger partial charge in [0.05, 0.1) is 28.8 Å². The number of benzene rings is 2. The Morgan fingerprint density at radius 1 is 1.00 bits per heavy atom. The van der Waals surface area contributed by atoms with E-state index in [2.05, 4.69) is 5.32 Å². The van der Waals surface area contributed by atoms with Crippen molar-refractivity contribution in [3.05, 3.63) is 59.2 Å². The van der Waals surface area contributed by atoms with Crippen LogP contribution in [-0.4, -0.2) is 40.0 Å². The topological polar surface area (TPSA) is 124 Å². The molecule has 11 heteroatoms. The summed E-state index contributed by atoms with van der Waals surface area (Å²) in [5.74, 6) is -4.53. The SMILES string of the molecule is O=C(O)c1cc(C(=O)O)cc(N2C(=O)CC(Nc3cccc(C(F)(F)F)c3)C2=O)c1. The van der Waals surface area contributed by atoms with Gasteiger partial charge in [-0.3, -0.25) is 9.59 Å². The first-order valence-corrected chi connectivity index (χ1v) is 8.39. The summed E-state index contributed by atoms with van der Waals surface area (Å²) in [5.41, 5.74) is -2.13. The molecule has 8 nitrogen and oxygen atoms in total. The lowest BCUT2D eigenvalue weighted by Crippen LogP contribution is -2.35. The summed E-state index contributed by atoms with van der Waals surface area (Å²) in [6, 6.07) is 5.68. The number of hydrogen-bond donors (Lipinski definition) is 3. The molecule has 0 spiro atoms. The Morgan fingerprint density at radius 2 is 1.60 bits per heavy atom. The molecule has 1 aliphatic rings. The zero-order valence-electron chi connectivity index (χ0n) is 14.9. The van der Waals surface area contributed by atoms with Gasteiger partial charge in [-0.25, -0.2) is 14.5 Å². The van der Waals surface area contributed by atoms with Gasteiger partial charge in [0.2, 0.25) is 5.91 Å². The molecular formula is C19H13F3N2O6. The van der Waals surface area contributed by atoms with Crippen LogP contribution in [0.25, 0.3) is 0 Å². The number of anilines is 2. The summed E-state index contributed by atoms with van der Waals surface area (Å²) in [7, 11) is 0. The molecule has 2 amide bonds. The number of carboxylic acids is 2. The predicted molar refractivity (Wildman–Crippen MR) is 96.3 cm³/mol. The Kier molecular flexibility index (Phi) is 5.21. The first kappa shape index (κ1) is 20.8. The van der Waals surface area contributed by atoms with E-state index < -0.39 is 59.1 Å². The Labute approximate surface area is 166 Å². The van der Waals surface area contributed by atoms with Gasteiger partial charge in [-0.2, -0.15) is 13.2 Å². The van der Waals surface area contributed by atoms with Crippen LogP contribution < -0.4 is 10.2 Å². The standard InChI is InChI=1S/C19H13F3N2O6/c20-19(21,22)11-2-1-3-12(7-11)23-14-8-15(25)24(16(14)26)13-5-9(17(27)28)4-10(6-13)18(29)30/h1-7,14,23H,8H2,(H,27,28)(H,29,30). The Balaban J connectivity index is 1.91. The monoisotopic (exact) mass is 422 g/mol. The molecule has 0 saturated carbocycles. The largest absolute Gasteiger partial charge is 0.478 e. The van der Waals surface area contributed by atoms with Crippen LogP contribution >= 0.6 is 0 Å². The van der Waals surface area contributed by atoms with Crippen LogP contribution in [0.3, 0.4) is 0 Å². The normalized spacial score (nSPS) is 16.6. The smallest absolute Gasteiger partial charge is 0.416 e. The third-order valence-corrected chi connectivity index (χ3v) is 4.35. The van der Waals surface area contributed by atoms with Crippen molar-refractivity contribution in [3.63, 3.8) is 0 Å². The summed E-state index contributed by atoms with van der Waals surface area (Å²) in [4.78, 5) is 48.1. The second-order valence-electron chi connectivity index (χ2n) is 6.43. The fourth-order valence-electron chi connectivity index (χ4n) is 2.99. The molecule has 0 radical (unpaired) electrons. The van der Waals surface area contributed by atoms with E-state index in [0.29, 0.717) is 4.90 Å². The van der Waals surface area contributed by atoms with Gasteiger partial charge in [-0.1, -0.05) is 6.07 Å². The van der Waals surface area contributed by atoms with Gasteiger partial charge < -0.3 is 15.5 Å². The zero-order valence-corrected chi connectivity index (χ0v) is 14.9. The highest BCUT2D eigenvalue weighted by Crippen LogP contribution is 2.32. The minimum absolute atomic E-state index is 0.0386. The minimum atomic E-state index is -4.59. The first-order chi connectivity index (χ1) is 14.0. The van der Waals surface area contributed by atoms with Gasteiger partial charge in [0.25, 0.3) is 5.91 Å². The quantitative estimate of drug-likeness (QED) is 0.633. The van der Waals surface area contributed by atoms with Crippen LogP contribution in [0, 0.1) is 0 Å². The zero-order chi connectivity index (χ0) is 22.2. The lowest BCUT2D eigenvalue weighted by atomic mass is 10.1. The van der Waals surface area contributed by atoms with Crippen molar-refractivity contribution in [2.24, 2.45) is 0 Å². The number of nitrogens with one attached hydrogen (secondary N) is 1. The fraction of sp³-hybridized carbons (Fsp3) is 0.158. The molecule has 3 N–H and O–H groups in total. The van der Waals surface area contributed by atoms with E-state index >= 15 is 0 Å². The van der Waals surface area contributed by atoms with Crippen molar-refractivity contribution in [3.8, 4) is 0 Å². The van der Waals surface area contributed by atoms with Crippen molar-refractivity contribution in [2.45, 2.75) is 18.6 Å². The number of carboxylic acid groups (broad SMARTS) is 2. The molecule has 2 aromatic rings. The number of alkyl halides is 3. The molecule has 0 aliphatic carbocycles. The molecule has 0 aromatic heterocycles. The van der Waals surface area contributed by atoms with E-state index in [0.717, 1.165) is 36.4 Å². The van der Waals surface area contributed by atoms with Crippen LogP contribution in [0.4, 0.5) is 24.5 Å². The minimum Gasteiger partial charge on any atom is -0.478 e. The summed E-state index contributed by atoms with van der Waals surface area (Å²) >= 11 is 0. The van der Waals surface area contributed by atoms with Crippen molar-refractivity contribution in [1.82, 2.24) is 0 Å². The third-order valence-electron chi connectivity index (χ3n) is 4.35. The van der Waals surface area contributed by atoms with Crippen LogP contribution in [0.1, 0.15) is 32.7 Å². The van der Waals surface area contributed by atoms with E-state index in [-0.39, 0.29) is 11.4 Å². The molecule has 3 rings (SSSR count).